The van der Waals surface area contributed by atoms with E-state index in [1.165, 1.54) is 6.07 Å². The third-order valence-corrected chi connectivity index (χ3v) is 3.81. The summed E-state index contributed by atoms with van der Waals surface area (Å²) in [5, 5.41) is 3.44. The van der Waals surface area contributed by atoms with Crippen molar-refractivity contribution in [3.8, 4) is 5.75 Å². The van der Waals surface area contributed by atoms with Gasteiger partial charge in [0, 0.05) is 23.2 Å². The molecule has 1 N–H and O–H groups in total. The van der Waals surface area contributed by atoms with Gasteiger partial charge in [-0.05, 0) is 48.9 Å². The number of ether oxygens (including phenoxy) is 2. The van der Waals surface area contributed by atoms with Crippen LogP contribution in [0.25, 0.3) is 11.0 Å². The number of amides is 1. The van der Waals surface area contributed by atoms with Gasteiger partial charge in [-0.15, -0.1) is 0 Å². The van der Waals surface area contributed by atoms with Crippen molar-refractivity contribution in [2.45, 2.75) is 13.3 Å². The van der Waals surface area contributed by atoms with Crippen molar-refractivity contribution in [1.29, 1.82) is 0 Å². The summed E-state index contributed by atoms with van der Waals surface area (Å²) in [6.07, 6.45) is 0.753. The van der Waals surface area contributed by atoms with Crippen molar-refractivity contribution < 1.29 is 23.5 Å². The molecule has 7 nitrogen and oxygen atoms in total. The Morgan fingerprint density at radius 1 is 1.04 bits per heavy atom. The second-order valence-corrected chi connectivity index (χ2v) is 6.00. The maximum Gasteiger partial charge on any atom is 0.338 e. The predicted octanol–water partition coefficient (Wildman–Crippen LogP) is 3.38. The van der Waals surface area contributed by atoms with Crippen molar-refractivity contribution in [3.63, 3.8) is 0 Å². The molecule has 7 heteroatoms. The first kappa shape index (κ1) is 19.2. The zero-order valence-corrected chi connectivity index (χ0v) is 15.3. The van der Waals surface area contributed by atoms with Crippen molar-refractivity contribution in [1.82, 2.24) is 0 Å². The van der Waals surface area contributed by atoms with Gasteiger partial charge in [-0.2, -0.15) is 0 Å². The van der Waals surface area contributed by atoms with E-state index in [1.54, 1.807) is 48.5 Å². The Labute approximate surface area is 160 Å². The molecule has 3 rings (SSSR count). The average Bonchev–Trinajstić information content (AvgIpc) is 2.70. The van der Waals surface area contributed by atoms with E-state index >= 15 is 0 Å². The number of benzene rings is 2. The van der Waals surface area contributed by atoms with Gasteiger partial charge in [0.1, 0.15) is 11.3 Å². The SMILES string of the molecule is CCCOC(=O)c1ccc(NC(=O)COc2ccc3ccc(=O)oc3c2)cc1. The third-order valence-electron chi connectivity index (χ3n) is 3.81. The summed E-state index contributed by atoms with van der Waals surface area (Å²) in [7, 11) is 0. The molecule has 0 aliphatic carbocycles. The number of hydrogen-bond donors (Lipinski definition) is 1. The zero-order chi connectivity index (χ0) is 19.9. The van der Waals surface area contributed by atoms with E-state index in [0.29, 0.717) is 29.2 Å². The number of nitrogens with one attached hydrogen (secondary N) is 1. The van der Waals surface area contributed by atoms with Crippen LogP contribution in [0.1, 0.15) is 23.7 Å². The van der Waals surface area contributed by atoms with Crippen molar-refractivity contribution in [2.24, 2.45) is 0 Å². The van der Waals surface area contributed by atoms with Crippen LogP contribution in [0.2, 0.25) is 0 Å². The number of hydrogen-bond acceptors (Lipinski definition) is 6. The lowest BCUT2D eigenvalue weighted by Gasteiger charge is -2.09. The Balaban J connectivity index is 1.55. The number of carbonyl (C=O) groups excluding carboxylic acids is 2. The van der Waals surface area contributed by atoms with Crippen LogP contribution in [0.15, 0.2) is 63.8 Å². The predicted molar refractivity (Wildman–Crippen MR) is 104 cm³/mol. The molecule has 144 valence electrons. The first-order chi connectivity index (χ1) is 13.5. The fraction of sp³-hybridized carbons (Fsp3) is 0.190. The Morgan fingerprint density at radius 3 is 2.54 bits per heavy atom. The molecule has 0 spiro atoms. The quantitative estimate of drug-likeness (QED) is 0.498. The molecule has 0 atom stereocenters. The Morgan fingerprint density at radius 2 is 1.79 bits per heavy atom. The van der Waals surface area contributed by atoms with Gasteiger partial charge >= 0.3 is 11.6 Å². The number of fused-ring (bicyclic) bond motifs is 1. The number of anilines is 1. The first-order valence-electron chi connectivity index (χ1n) is 8.79. The lowest BCUT2D eigenvalue weighted by atomic mass is 10.2. The largest absolute Gasteiger partial charge is 0.484 e. The highest BCUT2D eigenvalue weighted by atomic mass is 16.5. The highest BCUT2D eigenvalue weighted by Crippen LogP contribution is 2.19. The normalized spacial score (nSPS) is 10.5. The summed E-state index contributed by atoms with van der Waals surface area (Å²) in [6, 6.07) is 14.4. The fourth-order valence-electron chi connectivity index (χ4n) is 2.44. The van der Waals surface area contributed by atoms with Crippen LogP contribution >= 0.6 is 0 Å². The molecule has 2 aromatic carbocycles. The second kappa shape index (κ2) is 8.85. The molecule has 0 bridgehead atoms. The molecule has 0 radical (unpaired) electrons. The minimum Gasteiger partial charge on any atom is -0.484 e. The summed E-state index contributed by atoms with van der Waals surface area (Å²) in [5.74, 6) is -0.354. The highest BCUT2D eigenvalue weighted by molar-refractivity contribution is 5.93. The average molecular weight is 381 g/mol. The molecule has 0 aliphatic rings. The third kappa shape index (κ3) is 4.97. The fourth-order valence-corrected chi connectivity index (χ4v) is 2.44. The minimum atomic E-state index is -0.454. The van der Waals surface area contributed by atoms with Crippen LogP contribution in [0, 0.1) is 0 Å². The molecule has 1 amide bonds. The summed E-state index contributed by atoms with van der Waals surface area (Å²) in [4.78, 5) is 35.1. The molecule has 0 saturated carbocycles. The molecule has 0 fully saturated rings. The minimum absolute atomic E-state index is 0.219. The standard InChI is InChI=1S/C21H19NO6/c1-2-11-26-21(25)15-3-7-16(8-4-15)22-19(23)13-27-17-9-5-14-6-10-20(24)28-18(14)12-17/h3-10,12H,2,11,13H2,1H3,(H,22,23). The molecule has 28 heavy (non-hydrogen) atoms. The van der Waals surface area contributed by atoms with E-state index in [-0.39, 0.29) is 12.5 Å². The molecule has 0 aliphatic heterocycles. The Hall–Kier alpha value is -3.61. The van der Waals surface area contributed by atoms with Crippen LogP contribution in [-0.4, -0.2) is 25.1 Å². The van der Waals surface area contributed by atoms with Gasteiger partial charge in [0.15, 0.2) is 6.61 Å². The van der Waals surface area contributed by atoms with Gasteiger partial charge < -0.3 is 19.2 Å². The van der Waals surface area contributed by atoms with Crippen LogP contribution in [0.5, 0.6) is 5.75 Å². The number of esters is 1. The van der Waals surface area contributed by atoms with Crippen LogP contribution in [0.3, 0.4) is 0 Å². The second-order valence-electron chi connectivity index (χ2n) is 6.00. The van der Waals surface area contributed by atoms with E-state index in [0.717, 1.165) is 11.8 Å². The Kier molecular flexibility index (Phi) is 6.06. The number of carbonyl (C=O) groups is 2. The van der Waals surface area contributed by atoms with Crippen molar-refractivity contribution in [2.75, 3.05) is 18.5 Å². The van der Waals surface area contributed by atoms with Crippen molar-refractivity contribution >= 4 is 28.5 Å². The van der Waals surface area contributed by atoms with Crippen LogP contribution in [0.4, 0.5) is 5.69 Å². The summed E-state index contributed by atoms with van der Waals surface area (Å²) >= 11 is 0. The smallest absolute Gasteiger partial charge is 0.338 e. The lowest BCUT2D eigenvalue weighted by Crippen LogP contribution is -2.20. The van der Waals surface area contributed by atoms with Gasteiger partial charge in [0.2, 0.25) is 0 Å². The van der Waals surface area contributed by atoms with Crippen molar-refractivity contribution in [3.05, 3.63) is 70.6 Å². The molecule has 0 unspecified atom stereocenters. The lowest BCUT2D eigenvalue weighted by molar-refractivity contribution is -0.118. The van der Waals surface area contributed by atoms with E-state index in [2.05, 4.69) is 5.32 Å². The maximum absolute atomic E-state index is 12.1. The number of rotatable bonds is 7. The van der Waals surface area contributed by atoms with Gasteiger partial charge in [0.25, 0.3) is 5.91 Å². The van der Waals surface area contributed by atoms with Gasteiger partial charge in [-0.3, -0.25) is 4.79 Å². The van der Waals surface area contributed by atoms with Crippen LogP contribution in [-0.2, 0) is 9.53 Å². The highest BCUT2D eigenvalue weighted by Gasteiger charge is 2.08. The van der Waals surface area contributed by atoms with Crippen LogP contribution < -0.4 is 15.7 Å². The van der Waals surface area contributed by atoms with E-state index in [4.69, 9.17) is 13.9 Å². The molecular formula is C21H19NO6. The molecule has 1 aromatic heterocycles. The monoisotopic (exact) mass is 381 g/mol. The molecule has 0 saturated heterocycles. The maximum atomic E-state index is 12.1. The molecule has 3 aromatic rings. The van der Waals surface area contributed by atoms with E-state index < -0.39 is 11.6 Å². The van der Waals surface area contributed by atoms with E-state index in [1.807, 2.05) is 6.92 Å². The summed E-state index contributed by atoms with van der Waals surface area (Å²) < 4.78 is 15.6. The van der Waals surface area contributed by atoms with Gasteiger partial charge in [0.05, 0.1) is 12.2 Å². The summed E-state index contributed by atoms with van der Waals surface area (Å²) in [5.41, 5.74) is 0.880. The molecular weight excluding hydrogens is 362 g/mol. The van der Waals surface area contributed by atoms with Gasteiger partial charge in [-0.25, -0.2) is 9.59 Å². The molecule has 1 heterocycles. The summed E-state index contributed by atoms with van der Waals surface area (Å²) in [6.45, 7) is 2.07. The zero-order valence-electron chi connectivity index (χ0n) is 15.3. The van der Waals surface area contributed by atoms with Gasteiger partial charge in [-0.1, -0.05) is 6.92 Å². The first-order valence-corrected chi connectivity index (χ1v) is 8.79. The topological polar surface area (TPSA) is 94.8 Å². The van der Waals surface area contributed by atoms with E-state index in [9.17, 15) is 14.4 Å². The Bertz CT molecular complexity index is 1040.